The van der Waals surface area contributed by atoms with Gasteiger partial charge >= 0.3 is 0 Å². The van der Waals surface area contributed by atoms with Crippen molar-refractivity contribution in [3.8, 4) is 0 Å². The molecule has 1 amide bonds. The summed E-state index contributed by atoms with van der Waals surface area (Å²) >= 11 is 1.78. The molecule has 3 atom stereocenters. The van der Waals surface area contributed by atoms with Crippen LogP contribution in [0.25, 0.3) is 0 Å². The summed E-state index contributed by atoms with van der Waals surface area (Å²) in [5.41, 5.74) is 9.86. The molecule has 2 aliphatic heterocycles. The number of likely N-dealkylation sites (tertiary alicyclic amines) is 1. The maximum Gasteiger partial charge on any atom is 0.240 e. The van der Waals surface area contributed by atoms with E-state index in [1.54, 1.807) is 11.8 Å². The van der Waals surface area contributed by atoms with E-state index < -0.39 is 0 Å². The van der Waals surface area contributed by atoms with Crippen LogP contribution in [0.15, 0.2) is 54.6 Å². The van der Waals surface area contributed by atoms with Crippen molar-refractivity contribution in [3.63, 3.8) is 0 Å². The van der Waals surface area contributed by atoms with Crippen LogP contribution in [0.1, 0.15) is 27.9 Å². The van der Waals surface area contributed by atoms with Crippen LogP contribution in [0.3, 0.4) is 0 Å². The molecule has 138 valence electrons. The Bertz CT molecular complexity index is 755. The van der Waals surface area contributed by atoms with Crippen LogP contribution in [0.4, 0.5) is 0 Å². The number of carbonyl (C=O) groups is 1. The van der Waals surface area contributed by atoms with Gasteiger partial charge in [0.1, 0.15) is 5.25 Å². The van der Waals surface area contributed by atoms with E-state index in [1.165, 1.54) is 16.7 Å². The summed E-state index contributed by atoms with van der Waals surface area (Å²) in [5, 5.41) is -0.0575. The summed E-state index contributed by atoms with van der Waals surface area (Å²) in [7, 11) is 0. The molecule has 4 rings (SSSR count). The number of hydrogen-bond donors (Lipinski definition) is 1. The van der Waals surface area contributed by atoms with E-state index in [1.807, 2.05) is 12.1 Å². The van der Waals surface area contributed by atoms with Gasteiger partial charge in [-0.3, -0.25) is 4.79 Å². The first-order valence-corrected chi connectivity index (χ1v) is 10.1. The molecule has 0 aliphatic carbocycles. The highest BCUT2D eigenvalue weighted by molar-refractivity contribution is 8.00. The molecule has 5 heteroatoms. The zero-order valence-electron chi connectivity index (χ0n) is 14.7. The lowest BCUT2D eigenvalue weighted by Crippen LogP contribution is -2.34. The van der Waals surface area contributed by atoms with Crippen molar-refractivity contribution in [2.75, 3.05) is 25.4 Å². The van der Waals surface area contributed by atoms with Crippen molar-refractivity contribution in [1.29, 1.82) is 0 Å². The third-order valence-corrected chi connectivity index (χ3v) is 6.73. The fourth-order valence-electron chi connectivity index (χ4n) is 4.13. The number of halogens is 1. The smallest absolute Gasteiger partial charge is 0.240 e. The molecule has 2 aromatic rings. The lowest BCUT2D eigenvalue weighted by molar-refractivity contribution is -0.129. The predicted molar refractivity (Wildman–Crippen MR) is 111 cm³/mol. The van der Waals surface area contributed by atoms with Gasteiger partial charge in [0.2, 0.25) is 5.91 Å². The van der Waals surface area contributed by atoms with Crippen LogP contribution in [-0.4, -0.2) is 36.2 Å². The van der Waals surface area contributed by atoms with Crippen LogP contribution in [0.2, 0.25) is 0 Å². The highest BCUT2D eigenvalue weighted by Crippen LogP contribution is 2.40. The summed E-state index contributed by atoms with van der Waals surface area (Å²) in [5.74, 6) is 1.96. The number of hydrogen-bond acceptors (Lipinski definition) is 3. The van der Waals surface area contributed by atoms with Crippen molar-refractivity contribution in [2.24, 2.45) is 11.7 Å². The SMILES string of the molecule is Cl.NC[C@@H]1CN(C(=O)C2SCCc3ccccc32)C[C@H]1c1ccccc1. The number of amides is 1. The van der Waals surface area contributed by atoms with E-state index in [2.05, 4.69) is 47.4 Å². The summed E-state index contributed by atoms with van der Waals surface area (Å²) in [6, 6.07) is 18.9. The largest absolute Gasteiger partial charge is 0.340 e. The zero-order valence-corrected chi connectivity index (χ0v) is 16.3. The van der Waals surface area contributed by atoms with Gasteiger partial charge in [0.15, 0.2) is 0 Å². The van der Waals surface area contributed by atoms with E-state index in [0.717, 1.165) is 25.3 Å². The second-order valence-electron chi connectivity index (χ2n) is 6.96. The second kappa shape index (κ2) is 8.47. The molecule has 0 saturated carbocycles. The molecule has 2 aromatic carbocycles. The van der Waals surface area contributed by atoms with Crippen molar-refractivity contribution in [2.45, 2.75) is 17.6 Å². The topological polar surface area (TPSA) is 46.3 Å². The lowest BCUT2D eigenvalue weighted by Gasteiger charge is -2.28. The highest BCUT2D eigenvalue weighted by atomic mass is 35.5. The first kappa shape index (κ1) is 19.3. The molecule has 0 bridgehead atoms. The molecular weight excluding hydrogens is 364 g/mol. The Balaban J connectivity index is 0.00000196. The van der Waals surface area contributed by atoms with Crippen LogP contribution in [0, 0.1) is 5.92 Å². The average molecular weight is 389 g/mol. The molecular formula is C21H25ClN2OS. The monoisotopic (exact) mass is 388 g/mol. The Morgan fingerprint density at radius 2 is 1.81 bits per heavy atom. The Kier molecular flexibility index (Phi) is 6.28. The Morgan fingerprint density at radius 1 is 1.08 bits per heavy atom. The maximum absolute atomic E-state index is 13.3. The van der Waals surface area contributed by atoms with Gasteiger partial charge in [0, 0.05) is 19.0 Å². The van der Waals surface area contributed by atoms with Gasteiger partial charge in [0.05, 0.1) is 0 Å². The zero-order chi connectivity index (χ0) is 17.2. The summed E-state index contributed by atoms with van der Waals surface area (Å²) in [4.78, 5) is 15.3. The van der Waals surface area contributed by atoms with Gasteiger partial charge in [-0.05, 0) is 41.3 Å². The van der Waals surface area contributed by atoms with E-state index in [4.69, 9.17) is 5.73 Å². The molecule has 2 aliphatic rings. The predicted octanol–water partition coefficient (Wildman–Crippen LogP) is 3.64. The minimum absolute atomic E-state index is 0. The van der Waals surface area contributed by atoms with Crippen molar-refractivity contribution >= 4 is 30.1 Å². The minimum atomic E-state index is -0.0575. The number of fused-ring (bicyclic) bond motifs is 1. The molecule has 2 N–H and O–H groups in total. The normalized spacial score (nSPS) is 24.7. The van der Waals surface area contributed by atoms with Gasteiger partial charge in [-0.15, -0.1) is 24.2 Å². The standard InChI is InChI=1S/C21H24N2OS.ClH/c22-12-17-13-23(14-19(17)15-6-2-1-3-7-15)21(24)20-18-9-5-4-8-16(18)10-11-25-20;/h1-9,17,19-20H,10-14,22H2;1H/t17-,19+,20?;/m1./s1. The van der Waals surface area contributed by atoms with Gasteiger partial charge in [-0.1, -0.05) is 54.6 Å². The Hall–Kier alpha value is -1.49. The van der Waals surface area contributed by atoms with Crippen LogP contribution in [0.5, 0.6) is 0 Å². The van der Waals surface area contributed by atoms with Gasteiger partial charge in [0.25, 0.3) is 0 Å². The van der Waals surface area contributed by atoms with E-state index in [-0.39, 0.29) is 23.6 Å². The molecule has 0 aromatic heterocycles. The third kappa shape index (κ3) is 3.64. The number of nitrogens with two attached hydrogens (primary N) is 1. The summed E-state index contributed by atoms with van der Waals surface area (Å²) in [6.07, 6.45) is 1.06. The third-order valence-electron chi connectivity index (χ3n) is 5.50. The molecule has 0 spiro atoms. The lowest BCUT2D eigenvalue weighted by atomic mass is 9.89. The van der Waals surface area contributed by atoms with Crippen LogP contribution in [-0.2, 0) is 11.2 Å². The number of benzene rings is 2. The van der Waals surface area contributed by atoms with Crippen LogP contribution >= 0.6 is 24.2 Å². The quantitative estimate of drug-likeness (QED) is 0.873. The van der Waals surface area contributed by atoms with E-state index in [9.17, 15) is 4.79 Å². The minimum Gasteiger partial charge on any atom is -0.340 e. The van der Waals surface area contributed by atoms with Gasteiger partial charge < -0.3 is 10.6 Å². The van der Waals surface area contributed by atoms with E-state index >= 15 is 0 Å². The molecule has 26 heavy (non-hydrogen) atoms. The van der Waals surface area contributed by atoms with Crippen molar-refractivity contribution in [3.05, 3.63) is 71.3 Å². The van der Waals surface area contributed by atoms with Crippen molar-refractivity contribution < 1.29 is 4.79 Å². The number of aryl methyl sites for hydroxylation is 1. The molecule has 2 heterocycles. The molecule has 3 nitrogen and oxygen atoms in total. The number of thioether (sulfide) groups is 1. The number of rotatable bonds is 3. The average Bonchev–Trinajstić information content (AvgIpc) is 3.12. The van der Waals surface area contributed by atoms with Gasteiger partial charge in [-0.2, -0.15) is 0 Å². The summed E-state index contributed by atoms with van der Waals surface area (Å²) in [6.45, 7) is 2.18. The number of nitrogens with zero attached hydrogens (tertiary/aromatic N) is 1. The number of carbonyl (C=O) groups excluding carboxylic acids is 1. The fraction of sp³-hybridized carbons (Fsp3) is 0.381. The first-order valence-electron chi connectivity index (χ1n) is 9.01. The fourth-order valence-corrected chi connectivity index (χ4v) is 5.41. The molecule has 1 saturated heterocycles. The molecule has 0 radical (unpaired) electrons. The molecule has 1 fully saturated rings. The van der Waals surface area contributed by atoms with E-state index in [0.29, 0.717) is 18.4 Å². The van der Waals surface area contributed by atoms with Gasteiger partial charge in [-0.25, -0.2) is 0 Å². The maximum atomic E-state index is 13.3. The Morgan fingerprint density at radius 3 is 2.58 bits per heavy atom. The van der Waals surface area contributed by atoms with Crippen LogP contribution < -0.4 is 5.73 Å². The molecule has 1 unspecified atom stereocenters. The van der Waals surface area contributed by atoms with Crippen molar-refractivity contribution in [1.82, 2.24) is 4.90 Å². The first-order chi connectivity index (χ1) is 12.3. The Labute approximate surface area is 165 Å². The summed E-state index contributed by atoms with van der Waals surface area (Å²) < 4.78 is 0. The highest BCUT2D eigenvalue weighted by Gasteiger charge is 2.39. The second-order valence-corrected chi connectivity index (χ2v) is 8.17.